The van der Waals surface area contributed by atoms with Crippen LogP contribution in [0.2, 0.25) is 5.02 Å². The van der Waals surface area contributed by atoms with Crippen LogP contribution in [0.3, 0.4) is 0 Å². The minimum absolute atomic E-state index is 0.0585. The quantitative estimate of drug-likeness (QED) is 0.532. The lowest BCUT2D eigenvalue weighted by atomic mass is 10.1. The summed E-state index contributed by atoms with van der Waals surface area (Å²) in [6, 6.07) is 12.3. The van der Waals surface area contributed by atoms with Crippen LogP contribution < -0.4 is 15.5 Å². The van der Waals surface area contributed by atoms with Gasteiger partial charge in [-0.1, -0.05) is 35.1 Å². The summed E-state index contributed by atoms with van der Waals surface area (Å²) in [5, 5.41) is 14.8. The summed E-state index contributed by atoms with van der Waals surface area (Å²) in [5.41, 5.74) is 0.943. The Labute approximate surface area is 197 Å². The van der Waals surface area contributed by atoms with E-state index >= 15 is 0 Å². The van der Waals surface area contributed by atoms with E-state index in [1.807, 2.05) is 0 Å². The Balaban J connectivity index is 1.27. The zero-order valence-electron chi connectivity index (χ0n) is 17.3. The predicted octanol–water partition coefficient (Wildman–Crippen LogP) is 3.29. The summed E-state index contributed by atoms with van der Waals surface area (Å²) in [6.45, 7) is 0.534. The van der Waals surface area contributed by atoms with E-state index < -0.39 is 11.7 Å². The van der Waals surface area contributed by atoms with E-state index in [1.54, 1.807) is 24.3 Å². The number of nitrogens with one attached hydrogen (secondary N) is 2. The summed E-state index contributed by atoms with van der Waals surface area (Å²) in [7, 11) is 0. The van der Waals surface area contributed by atoms with Crippen molar-refractivity contribution in [2.45, 2.75) is 12.8 Å². The van der Waals surface area contributed by atoms with Crippen LogP contribution in [0, 0.1) is 11.7 Å². The van der Waals surface area contributed by atoms with Gasteiger partial charge in [0.2, 0.25) is 16.9 Å². The molecule has 0 radical (unpaired) electrons. The number of hydrogen-bond acceptors (Lipinski definition) is 6. The molecule has 170 valence electrons. The number of amides is 3. The van der Waals surface area contributed by atoms with Crippen LogP contribution in [0.15, 0.2) is 48.5 Å². The monoisotopic (exact) mass is 487 g/mol. The van der Waals surface area contributed by atoms with E-state index in [0.29, 0.717) is 39.4 Å². The number of anilines is 2. The van der Waals surface area contributed by atoms with E-state index in [-0.39, 0.29) is 30.7 Å². The van der Waals surface area contributed by atoms with Gasteiger partial charge in [0, 0.05) is 31.6 Å². The molecule has 1 aliphatic rings. The second kappa shape index (κ2) is 10.1. The van der Waals surface area contributed by atoms with Crippen molar-refractivity contribution in [3.63, 3.8) is 0 Å². The molecule has 3 aromatic rings. The Morgan fingerprint density at radius 1 is 1.15 bits per heavy atom. The molecule has 3 amide bonds. The van der Waals surface area contributed by atoms with Gasteiger partial charge in [0.1, 0.15) is 10.8 Å². The number of nitrogens with zero attached hydrogens (tertiary/aromatic N) is 3. The largest absolute Gasteiger partial charge is 0.352 e. The number of carbonyl (C=O) groups excluding carboxylic acids is 3. The first-order chi connectivity index (χ1) is 15.9. The van der Waals surface area contributed by atoms with Crippen LogP contribution in [0.4, 0.5) is 15.2 Å². The van der Waals surface area contributed by atoms with Crippen LogP contribution in [0.25, 0.3) is 0 Å². The Morgan fingerprint density at radius 3 is 2.67 bits per heavy atom. The first-order valence-corrected chi connectivity index (χ1v) is 11.3. The van der Waals surface area contributed by atoms with Gasteiger partial charge >= 0.3 is 0 Å². The molecule has 2 heterocycles. The van der Waals surface area contributed by atoms with Crippen molar-refractivity contribution in [1.82, 2.24) is 15.5 Å². The highest BCUT2D eigenvalue weighted by Crippen LogP contribution is 2.27. The molecule has 8 nitrogen and oxygen atoms in total. The van der Waals surface area contributed by atoms with Crippen molar-refractivity contribution in [3.8, 4) is 0 Å². The highest BCUT2D eigenvalue weighted by molar-refractivity contribution is 7.15. The molecular formula is C22H19ClFN5O3S. The SMILES string of the molecule is O=C(NCCc1nnc(NC(=O)C2CC(=O)N(c3ccc(F)cc3)C2)s1)c1ccccc1Cl. The van der Waals surface area contributed by atoms with Crippen molar-refractivity contribution in [2.24, 2.45) is 5.92 Å². The maximum absolute atomic E-state index is 13.1. The topological polar surface area (TPSA) is 104 Å². The lowest BCUT2D eigenvalue weighted by Crippen LogP contribution is -2.28. The molecule has 1 atom stereocenters. The molecule has 11 heteroatoms. The van der Waals surface area contributed by atoms with Gasteiger partial charge < -0.3 is 15.5 Å². The van der Waals surface area contributed by atoms with Crippen molar-refractivity contribution >= 4 is 51.5 Å². The maximum atomic E-state index is 13.1. The molecule has 1 aromatic heterocycles. The van der Waals surface area contributed by atoms with Crippen LogP contribution in [-0.4, -0.2) is 41.0 Å². The first kappa shape index (κ1) is 22.8. The lowest BCUT2D eigenvalue weighted by Gasteiger charge is -2.16. The van der Waals surface area contributed by atoms with Gasteiger partial charge in [-0.15, -0.1) is 10.2 Å². The number of carbonyl (C=O) groups is 3. The number of benzene rings is 2. The third-order valence-corrected chi connectivity index (χ3v) is 6.30. The fourth-order valence-electron chi connectivity index (χ4n) is 3.39. The minimum Gasteiger partial charge on any atom is -0.352 e. The minimum atomic E-state index is -0.551. The zero-order valence-corrected chi connectivity index (χ0v) is 18.8. The molecule has 2 aromatic carbocycles. The van der Waals surface area contributed by atoms with Crippen LogP contribution in [0.1, 0.15) is 21.8 Å². The van der Waals surface area contributed by atoms with Gasteiger partial charge in [-0.2, -0.15) is 0 Å². The average Bonchev–Trinajstić information content (AvgIpc) is 3.41. The van der Waals surface area contributed by atoms with Gasteiger partial charge in [0.25, 0.3) is 5.91 Å². The molecule has 1 unspecified atom stereocenters. The van der Waals surface area contributed by atoms with E-state index in [4.69, 9.17) is 11.6 Å². The van der Waals surface area contributed by atoms with Gasteiger partial charge in [-0.05, 0) is 36.4 Å². The Kier molecular flexibility index (Phi) is 6.95. The van der Waals surface area contributed by atoms with Crippen LogP contribution in [0.5, 0.6) is 0 Å². The first-order valence-electron chi connectivity index (χ1n) is 10.1. The smallest absolute Gasteiger partial charge is 0.252 e. The Morgan fingerprint density at radius 2 is 1.91 bits per heavy atom. The van der Waals surface area contributed by atoms with Crippen LogP contribution in [-0.2, 0) is 16.0 Å². The maximum Gasteiger partial charge on any atom is 0.252 e. The summed E-state index contributed by atoms with van der Waals surface area (Å²) in [4.78, 5) is 38.6. The molecule has 2 N–H and O–H groups in total. The summed E-state index contributed by atoms with van der Waals surface area (Å²) >= 11 is 7.22. The number of aromatic nitrogens is 2. The highest BCUT2D eigenvalue weighted by Gasteiger charge is 2.35. The Bertz CT molecular complexity index is 1190. The van der Waals surface area contributed by atoms with E-state index in [1.165, 1.54) is 40.5 Å². The van der Waals surface area contributed by atoms with Crippen molar-refractivity contribution < 1.29 is 18.8 Å². The second-order valence-corrected chi connectivity index (χ2v) is 8.83. The summed E-state index contributed by atoms with van der Waals surface area (Å²) in [5.74, 6) is -1.76. The van der Waals surface area contributed by atoms with Crippen molar-refractivity contribution in [2.75, 3.05) is 23.3 Å². The summed E-state index contributed by atoms with van der Waals surface area (Å²) in [6.07, 6.45) is 0.493. The van der Waals surface area contributed by atoms with E-state index in [0.717, 1.165) is 0 Å². The highest BCUT2D eigenvalue weighted by atomic mass is 35.5. The molecular weight excluding hydrogens is 469 g/mol. The van der Waals surface area contributed by atoms with Crippen molar-refractivity contribution in [1.29, 1.82) is 0 Å². The standard InChI is InChI=1S/C22H19ClFN5O3S/c23-17-4-2-1-3-16(17)21(32)25-10-9-18-27-28-22(33-18)26-20(31)13-11-19(30)29(12-13)15-7-5-14(24)6-8-15/h1-8,13H,9-12H2,(H,25,32)(H,26,28,31). The number of hydrogen-bond donors (Lipinski definition) is 2. The van der Waals surface area contributed by atoms with E-state index in [9.17, 15) is 18.8 Å². The molecule has 0 aliphatic carbocycles. The lowest BCUT2D eigenvalue weighted by molar-refractivity contribution is -0.122. The van der Waals surface area contributed by atoms with Crippen LogP contribution >= 0.6 is 22.9 Å². The van der Waals surface area contributed by atoms with Gasteiger partial charge in [-0.3, -0.25) is 14.4 Å². The third kappa shape index (κ3) is 5.52. The molecule has 1 aliphatic heterocycles. The second-order valence-electron chi connectivity index (χ2n) is 7.36. The predicted molar refractivity (Wildman–Crippen MR) is 123 cm³/mol. The normalized spacial score (nSPS) is 15.5. The van der Waals surface area contributed by atoms with Gasteiger partial charge in [0.15, 0.2) is 0 Å². The van der Waals surface area contributed by atoms with Gasteiger partial charge in [-0.25, -0.2) is 4.39 Å². The number of rotatable bonds is 7. The molecule has 0 saturated carbocycles. The fraction of sp³-hybridized carbons (Fsp3) is 0.227. The fourth-order valence-corrected chi connectivity index (χ4v) is 4.35. The van der Waals surface area contributed by atoms with Gasteiger partial charge in [0.05, 0.1) is 16.5 Å². The molecule has 0 spiro atoms. The van der Waals surface area contributed by atoms with Crippen molar-refractivity contribution in [3.05, 3.63) is 69.9 Å². The average molecular weight is 488 g/mol. The summed E-state index contributed by atoms with van der Waals surface area (Å²) < 4.78 is 13.1. The molecule has 1 fully saturated rings. The Hall–Kier alpha value is -3.37. The third-order valence-electron chi connectivity index (χ3n) is 5.07. The number of halogens is 2. The molecule has 33 heavy (non-hydrogen) atoms. The molecule has 1 saturated heterocycles. The van der Waals surface area contributed by atoms with E-state index in [2.05, 4.69) is 20.8 Å². The zero-order chi connectivity index (χ0) is 23.4. The molecule has 4 rings (SSSR count). The molecule has 0 bridgehead atoms.